The maximum Gasteiger partial charge on any atom is 0.417 e. The lowest BCUT2D eigenvalue weighted by Crippen LogP contribution is -2.36. The van der Waals surface area contributed by atoms with E-state index in [2.05, 4.69) is 15.3 Å². The summed E-state index contributed by atoms with van der Waals surface area (Å²) in [4.78, 5) is 21.8. The van der Waals surface area contributed by atoms with Crippen molar-refractivity contribution in [3.8, 4) is 0 Å². The predicted molar refractivity (Wildman–Crippen MR) is 91.3 cm³/mol. The fraction of sp³-hybridized carbons (Fsp3) is 0.278. The minimum atomic E-state index is -4.40. The molecular formula is C18H17F3N4O. The molecular weight excluding hydrogens is 345 g/mol. The highest BCUT2D eigenvalue weighted by molar-refractivity contribution is 5.91. The summed E-state index contributed by atoms with van der Waals surface area (Å²) in [6.07, 6.45) is 1.82. The number of hydrogen-bond donors (Lipinski definition) is 1. The summed E-state index contributed by atoms with van der Waals surface area (Å²) in [5.74, 6) is 0.238. The molecule has 1 atom stereocenters. The van der Waals surface area contributed by atoms with Gasteiger partial charge in [0.05, 0.1) is 11.3 Å². The topological polar surface area (TPSA) is 58.1 Å². The van der Waals surface area contributed by atoms with E-state index < -0.39 is 11.7 Å². The highest BCUT2D eigenvalue weighted by Gasteiger charge is 2.31. The van der Waals surface area contributed by atoms with Crippen molar-refractivity contribution in [2.45, 2.75) is 18.6 Å². The number of anilines is 1. The Morgan fingerprint density at radius 2 is 2.08 bits per heavy atom. The molecule has 0 radical (unpaired) electrons. The van der Waals surface area contributed by atoms with Gasteiger partial charge in [-0.3, -0.25) is 9.78 Å². The first-order valence-electron chi connectivity index (χ1n) is 8.09. The van der Waals surface area contributed by atoms with Gasteiger partial charge in [-0.1, -0.05) is 6.07 Å². The molecule has 1 fully saturated rings. The Morgan fingerprint density at radius 3 is 2.73 bits per heavy atom. The average Bonchev–Trinajstić information content (AvgIpc) is 3.09. The van der Waals surface area contributed by atoms with Crippen LogP contribution in [0.5, 0.6) is 0 Å². The molecule has 1 amide bonds. The third-order valence-corrected chi connectivity index (χ3v) is 4.03. The highest BCUT2D eigenvalue weighted by atomic mass is 19.4. The number of aromatic nitrogens is 2. The molecule has 1 unspecified atom stereocenters. The number of pyridine rings is 2. The number of rotatable bonds is 4. The highest BCUT2D eigenvalue weighted by Crippen LogP contribution is 2.29. The van der Waals surface area contributed by atoms with Crippen molar-refractivity contribution in [2.75, 3.05) is 18.0 Å². The van der Waals surface area contributed by atoms with E-state index >= 15 is 0 Å². The summed E-state index contributed by atoms with van der Waals surface area (Å²) < 4.78 is 37.8. The van der Waals surface area contributed by atoms with Crippen LogP contribution >= 0.6 is 0 Å². The van der Waals surface area contributed by atoms with Crippen molar-refractivity contribution >= 4 is 17.8 Å². The first-order valence-corrected chi connectivity index (χ1v) is 8.09. The lowest BCUT2D eigenvalue weighted by molar-refractivity contribution is -0.137. The first-order chi connectivity index (χ1) is 12.4. The van der Waals surface area contributed by atoms with Crippen molar-refractivity contribution in [3.05, 3.63) is 60.1 Å². The van der Waals surface area contributed by atoms with Crippen LogP contribution < -0.4 is 10.2 Å². The van der Waals surface area contributed by atoms with Gasteiger partial charge in [0.25, 0.3) is 0 Å². The number of nitrogens with zero attached hydrogens (tertiary/aromatic N) is 3. The SMILES string of the molecule is O=C(/C=C/c1ccccn1)NC1CCN(c2ccc(C(F)(F)F)cn2)C1. The van der Waals surface area contributed by atoms with Gasteiger partial charge in [0.1, 0.15) is 5.82 Å². The summed E-state index contributed by atoms with van der Waals surface area (Å²) in [5.41, 5.74) is -0.0883. The quantitative estimate of drug-likeness (QED) is 0.850. The monoisotopic (exact) mass is 362 g/mol. The van der Waals surface area contributed by atoms with Crippen LogP contribution in [0, 0.1) is 0 Å². The van der Waals surface area contributed by atoms with Gasteiger partial charge >= 0.3 is 6.18 Å². The van der Waals surface area contributed by atoms with E-state index in [0.29, 0.717) is 31.0 Å². The molecule has 5 nitrogen and oxygen atoms in total. The van der Waals surface area contributed by atoms with Gasteiger partial charge in [-0.2, -0.15) is 13.2 Å². The normalized spacial score (nSPS) is 17.7. The number of carbonyl (C=O) groups is 1. The largest absolute Gasteiger partial charge is 0.417 e. The van der Waals surface area contributed by atoms with Gasteiger partial charge in [0.15, 0.2) is 0 Å². The van der Waals surface area contributed by atoms with Crippen molar-refractivity contribution in [3.63, 3.8) is 0 Å². The zero-order valence-electron chi connectivity index (χ0n) is 13.8. The second-order valence-corrected chi connectivity index (χ2v) is 5.93. The van der Waals surface area contributed by atoms with Crippen LogP contribution in [0.1, 0.15) is 17.7 Å². The first kappa shape index (κ1) is 17.9. The third-order valence-electron chi connectivity index (χ3n) is 4.03. The van der Waals surface area contributed by atoms with Gasteiger partial charge in [0.2, 0.25) is 5.91 Å². The lowest BCUT2D eigenvalue weighted by Gasteiger charge is -2.18. The second-order valence-electron chi connectivity index (χ2n) is 5.93. The van der Waals surface area contributed by atoms with E-state index in [1.54, 1.807) is 24.4 Å². The van der Waals surface area contributed by atoms with Crippen LogP contribution in [-0.4, -0.2) is 35.0 Å². The van der Waals surface area contributed by atoms with Crippen molar-refractivity contribution in [1.29, 1.82) is 0 Å². The Hall–Kier alpha value is -2.90. The molecule has 1 aliphatic rings. The fourth-order valence-electron chi connectivity index (χ4n) is 2.71. The summed E-state index contributed by atoms with van der Waals surface area (Å²) in [6, 6.07) is 7.70. The molecule has 1 N–H and O–H groups in total. The van der Waals surface area contributed by atoms with Crippen LogP contribution in [0.2, 0.25) is 0 Å². The number of hydrogen-bond acceptors (Lipinski definition) is 4. The van der Waals surface area contributed by atoms with E-state index in [9.17, 15) is 18.0 Å². The minimum Gasteiger partial charge on any atom is -0.354 e. The van der Waals surface area contributed by atoms with E-state index in [-0.39, 0.29) is 11.9 Å². The third kappa shape index (κ3) is 4.59. The van der Waals surface area contributed by atoms with Crippen LogP contribution in [0.3, 0.4) is 0 Å². The van der Waals surface area contributed by atoms with Gasteiger partial charge in [-0.05, 0) is 36.8 Å². The number of alkyl halides is 3. The Kier molecular flexibility index (Phi) is 5.20. The second kappa shape index (κ2) is 7.55. The van der Waals surface area contributed by atoms with Crippen molar-refractivity contribution in [1.82, 2.24) is 15.3 Å². The molecule has 1 saturated heterocycles. The smallest absolute Gasteiger partial charge is 0.354 e. The summed E-state index contributed by atoms with van der Waals surface area (Å²) >= 11 is 0. The number of nitrogens with one attached hydrogen (secondary N) is 1. The molecule has 136 valence electrons. The zero-order chi connectivity index (χ0) is 18.6. The van der Waals surface area contributed by atoms with Gasteiger partial charge < -0.3 is 10.2 Å². The van der Waals surface area contributed by atoms with Gasteiger partial charge in [-0.25, -0.2) is 4.98 Å². The van der Waals surface area contributed by atoms with Gasteiger partial charge in [0, 0.05) is 37.6 Å². The molecule has 2 aromatic heterocycles. The van der Waals surface area contributed by atoms with Crippen molar-refractivity contribution < 1.29 is 18.0 Å². The average molecular weight is 362 g/mol. The number of carbonyl (C=O) groups excluding carboxylic acids is 1. The maximum absolute atomic E-state index is 12.6. The van der Waals surface area contributed by atoms with E-state index in [1.165, 1.54) is 12.1 Å². The molecule has 2 aromatic rings. The number of halogens is 3. The molecule has 3 rings (SSSR count). The maximum atomic E-state index is 12.6. The Morgan fingerprint density at radius 1 is 1.23 bits per heavy atom. The molecule has 0 spiro atoms. The molecule has 3 heterocycles. The molecule has 0 bridgehead atoms. The molecule has 26 heavy (non-hydrogen) atoms. The molecule has 0 saturated carbocycles. The standard InChI is InChI=1S/C18H17F3N4O/c19-18(20,21)13-4-6-16(23-11-13)25-10-8-15(12-25)24-17(26)7-5-14-3-1-2-9-22-14/h1-7,9,11,15H,8,10,12H2,(H,24,26)/b7-5+. The Balaban J connectivity index is 1.53. The van der Waals surface area contributed by atoms with Crippen molar-refractivity contribution in [2.24, 2.45) is 0 Å². The zero-order valence-corrected chi connectivity index (χ0v) is 13.8. The summed E-state index contributed by atoms with van der Waals surface area (Å²) in [7, 11) is 0. The molecule has 0 aliphatic carbocycles. The molecule has 1 aliphatic heterocycles. The summed E-state index contributed by atoms with van der Waals surface area (Å²) in [6.45, 7) is 1.12. The van der Waals surface area contributed by atoms with Gasteiger partial charge in [-0.15, -0.1) is 0 Å². The molecule has 0 aromatic carbocycles. The minimum absolute atomic E-state index is 0.0834. The van der Waals surface area contributed by atoms with E-state index in [0.717, 1.165) is 12.3 Å². The van der Waals surface area contributed by atoms with Crippen LogP contribution in [0.4, 0.5) is 19.0 Å². The van der Waals surface area contributed by atoms with Crippen LogP contribution in [0.15, 0.2) is 48.8 Å². The summed E-state index contributed by atoms with van der Waals surface area (Å²) in [5, 5.41) is 2.88. The number of amides is 1. The Labute approximate surface area is 148 Å². The lowest BCUT2D eigenvalue weighted by atomic mass is 10.2. The molecule has 8 heteroatoms. The van der Waals surface area contributed by atoms with Crippen LogP contribution in [-0.2, 0) is 11.0 Å². The van der Waals surface area contributed by atoms with E-state index in [1.807, 2.05) is 11.0 Å². The van der Waals surface area contributed by atoms with Crippen LogP contribution in [0.25, 0.3) is 6.08 Å². The Bertz CT molecular complexity index is 775. The predicted octanol–water partition coefficient (Wildman–Crippen LogP) is 2.90. The fourth-order valence-corrected chi connectivity index (χ4v) is 2.71. The van der Waals surface area contributed by atoms with E-state index in [4.69, 9.17) is 0 Å².